The quantitative estimate of drug-likeness (QED) is 0.481. The lowest BCUT2D eigenvalue weighted by Crippen LogP contribution is -2.73. The van der Waals surface area contributed by atoms with E-state index in [1.54, 1.807) is 0 Å². The molecule has 0 aromatic heterocycles. The van der Waals surface area contributed by atoms with Gasteiger partial charge in [0.25, 0.3) is 0 Å². The van der Waals surface area contributed by atoms with E-state index in [1.807, 2.05) is 0 Å². The van der Waals surface area contributed by atoms with Crippen molar-refractivity contribution in [1.29, 1.82) is 0 Å². The maximum atomic E-state index is 2.68. The molecular weight excluding hydrogens is 124 g/mol. The molecule has 3 fully saturated rings. The SMILES string of the molecule is C[C@H]1CC23CCN2CCN13. The highest BCUT2D eigenvalue weighted by atomic mass is 15.5. The lowest BCUT2D eigenvalue weighted by atomic mass is 9.79. The van der Waals surface area contributed by atoms with E-state index < -0.39 is 0 Å². The van der Waals surface area contributed by atoms with E-state index in [-0.39, 0.29) is 0 Å². The summed E-state index contributed by atoms with van der Waals surface area (Å²) in [5.74, 6) is 0. The van der Waals surface area contributed by atoms with Gasteiger partial charge in [0, 0.05) is 25.7 Å². The molecule has 0 N–H and O–H groups in total. The topological polar surface area (TPSA) is 6.48 Å². The van der Waals surface area contributed by atoms with Crippen molar-refractivity contribution in [2.45, 2.75) is 31.5 Å². The van der Waals surface area contributed by atoms with Crippen molar-refractivity contribution in [3.05, 3.63) is 0 Å². The van der Waals surface area contributed by atoms with Crippen LogP contribution >= 0.6 is 0 Å². The molecule has 3 saturated heterocycles. The monoisotopic (exact) mass is 138 g/mol. The Morgan fingerprint density at radius 1 is 1.30 bits per heavy atom. The molecule has 0 radical (unpaired) electrons. The molecule has 2 nitrogen and oxygen atoms in total. The molecule has 2 heteroatoms. The van der Waals surface area contributed by atoms with Crippen molar-refractivity contribution < 1.29 is 0 Å². The highest BCUT2D eigenvalue weighted by Crippen LogP contribution is 2.50. The zero-order chi connectivity index (χ0) is 6.77. The Labute approximate surface area is 61.8 Å². The van der Waals surface area contributed by atoms with Gasteiger partial charge in [0.05, 0.1) is 5.66 Å². The first-order chi connectivity index (χ1) is 4.83. The molecule has 0 saturated carbocycles. The molecule has 3 aliphatic rings. The number of hydrogen-bond acceptors (Lipinski definition) is 2. The Hall–Kier alpha value is -0.0800. The minimum absolute atomic E-state index is 0.611. The Kier molecular flexibility index (Phi) is 0.783. The van der Waals surface area contributed by atoms with E-state index in [0.29, 0.717) is 5.66 Å². The average molecular weight is 138 g/mol. The Morgan fingerprint density at radius 3 is 2.70 bits per heavy atom. The molecule has 10 heavy (non-hydrogen) atoms. The van der Waals surface area contributed by atoms with E-state index >= 15 is 0 Å². The smallest absolute Gasteiger partial charge is 0.0768 e. The normalized spacial score (nSPS) is 53.1. The molecule has 0 amide bonds. The first-order valence-corrected chi connectivity index (χ1v) is 4.35. The zero-order valence-corrected chi connectivity index (χ0v) is 6.51. The Morgan fingerprint density at radius 2 is 2.20 bits per heavy atom. The molecule has 56 valence electrons. The van der Waals surface area contributed by atoms with E-state index in [4.69, 9.17) is 0 Å². The van der Waals surface area contributed by atoms with Crippen LogP contribution < -0.4 is 0 Å². The van der Waals surface area contributed by atoms with Gasteiger partial charge in [0.15, 0.2) is 0 Å². The maximum absolute atomic E-state index is 2.68. The fraction of sp³-hybridized carbons (Fsp3) is 1.00. The number of nitrogens with zero attached hydrogens (tertiary/aromatic N) is 2. The highest BCUT2D eigenvalue weighted by Gasteiger charge is 2.61. The number of hydrogen-bond donors (Lipinski definition) is 0. The van der Waals surface area contributed by atoms with Gasteiger partial charge < -0.3 is 0 Å². The second-order valence-electron chi connectivity index (χ2n) is 3.97. The Balaban J connectivity index is 1.92. The summed E-state index contributed by atoms with van der Waals surface area (Å²) in [4.78, 5) is 5.32. The van der Waals surface area contributed by atoms with Crippen molar-refractivity contribution >= 4 is 0 Å². The molecule has 1 spiro atoms. The third-order valence-electron chi connectivity index (χ3n) is 3.67. The molecule has 0 aromatic carbocycles. The summed E-state index contributed by atoms with van der Waals surface area (Å²) >= 11 is 0. The molecule has 0 aliphatic carbocycles. The fourth-order valence-corrected chi connectivity index (χ4v) is 3.06. The molecule has 3 rings (SSSR count). The van der Waals surface area contributed by atoms with E-state index in [0.717, 1.165) is 6.04 Å². The summed E-state index contributed by atoms with van der Waals surface area (Å²) in [7, 11) is 0. The van der Waals surface area contributed by atoms with Gasteiger partial charge in [-0.15, -0.1) is 0 Å². The summed E-state index contributed by atoms with van der Waals surface area (Å²) in [6.45, 7) is 6.39. The first kappa shape index (κ1) is 5.56. The van der Waals surface area contributed by atoms with Crippen molar-refractivity contribution in [2.24, 2.45) is 0 Å². The Bertz CT molecular complexity index is 180. The van der Waals surface area contributed by atoms with Crippen LogP contribution in [0.2, 0.25) is 0 Å². The summed E-state index contributed by atoms with van der Waals surface area (Å²) < 4.78 is 0. The van der Waals surface area contributed by atoms with Crippen LogP contribution in [-0.2, 0) is 0 Å². The molecule has 0 bridgehead atoms. The minimum Gasteiger partial charge on any atom is -0.284 e. The van der Waals surface area contributed by atoms with Crippen LogP contribution in [0.3, 0.4) is 0 Å². The predicted molar refractivity (Wildman–Crippen MR) is 39.7 cm³/mol. The van der Waals surface area contributed by atoms with E-state index in [1.165, 1.54) is 32.5 Å². The van der Waals surface area contributed by atoms with Gasteiger partial charge in [0.2, 0.25) is 0 Å². The van der Waals surface area contributed by atoms with Crippen molar-refractivity contribution in [3.8, 4) is 0 Å². The van der Waals surface area contributed by atoms with Crippen molar-refractivity contribution in [1.82, 2.24) is 9.80 Å². The molecule has 1 unspecified atom stereocenters. The summed E-state index contributed by atoms with van der Waals surface area (Å²) in [6, 6.07) is 0.880. The van der Waals surface area contributed by atoms with Crippen LogP contribution in [0.4, 0.5) is 0 Å². The van der Waals surface area contributed by atoms with Crippen LogP contribution in [0.15, 0.2) is 0 Å². The third-order valence-corrected chi connectivity index (χ3v) is 3.67. The summed E-state index contributed by atoms with van der Waals surface area (Å²) in [5, 5.41) is 0. The molecule has 3 heterocycles. The van der Waals surface area contributed by atoms with Gasteiger partial charge in [-0.05, 0) is 19.8 Å². The van der Waals surface area contributed by atoms with Gasteiger partial charge in [-0.1, -0.05) is 0 Å². The van der Waals surface area contributed by atoms with Crippen LogP contribution in [0.25, 0.3) is 0 Å². The molecule has 2 atom stereocenters. The minimum atomic E-state index is 0.611. The molecule has 0 aromatic rings. The molecular formula is C8H14N2. The van der Waals surface area contributed by atoms with Crippen molar-refractivity contribution in [3.63, 3.8) is 0 Å². The van der Waals surface area contributed by atoms with Gasteiger partial charge in [0.1, 0.15) is 0 Å². The zero-order valence-electron chi connectivity index (χ0n) is 6.51. The average Bonchev–Trinajstić information content (AvgIpc) is 2.05. The predicted octanol–water partition coefficient (Wildman–Crippen LogP) is 0.496. The van der Waals surface area contributed by atoms with E-state index in [9.17, 15) is 0 Å². The fourth-order valence-electron chi connectivity index (χ4n) is 3.06. The van der Waals surface area contributed by atoms with Gasteiger partial charge >= 0.3 is 0 Å². The number of rotatable bonds is 0. The first-order valence-electron chi connectivity index (χ1n) is 4.35. The van der Waals surface area contributed by atoms with Crippen LogP contribution in [0.1, 0.15) is 19.8 Å². The summed E-state index contributed by atoms with van der Waals surface area (Å²) in [6.07, 6.45) is 2.88. The largest absolute Gasteiger partial charge is 0.284 e. The standard InChI is InChI=1S/C8H14N2/c1-7-6-8-2-3-9(8)4-5-10(7)8/h7H,2-6H2,1H3/t7-,8?/m0/s1. The van der Waals surface area contributed by atoms with Crippen molar-refractivity contribution in [2.75, 3.05) is 19.6 Å². The van der Waals surface area contributed by atoms with Crippen LogP contribution in [-0.4, -0.2) is 41.1 Å². The third kappa shape index (κ3) is 0.372. The lowest BCUT2D eigenvalue weighted by Gasteiger charge is -2.62. The van der Waals surface area contributed by atoms with Gasteiger partial charge in [-0.2, -0.15) is 0 Å². The lowest BCUT2D eigenvalue weighted by molar-refractivity contribution is -0.169. The van der Waals surface area contributed by atoms with Crippen LogP contribution in [0, 0.1) is 0 Å². The summed E-state index contributed by atoms with van der Waals surface area (Å²) in [5.41, 5.74) is 0.611. The highest BCUT2D eigenvalue weighted by molar-refractivity contribution is 5.13. The second-order valence-corrected chi connectivity index (χ2v) is 3.97. The van der Waals surface area contributed by atoms with Gasteiger partial charge in [-0.3, -0.25) is 9.80 Å². The maximum Gasteiger partial charge on any atom is 0.0768 e. The van der Waals surface area contributed by atoms with Crippen LogP contribution in [0.5, 0.6) is 0 Å². The van der Waals surface area contributed by atoms with E-state index in [2.05, 4.69) is 16.7 Å². The molecule has 3 aliphatic heterocycles. The van der Waals surface area contributed by atoms with Gasteiger partial charge in [-0.25, -0.2) is 0 Å². The second kappa shape index (κ2) is 1.41.